The van der Waals surface area contributed by atoms with E-state index in [0.29, 0.717) is 32.8 Å². The number of halogens is 4. The lowest BCUT2D eigenvalue weighted by molar-refractivity contribution is -0.137. The fraction of sp³-hybridized carbons (Fsp3) is 0.538. The van der Waals surface area contributed by atoms with Gasteiger partial charge in [0.05, 0.1) is 29.5 Å². The van der Waals surface area contributed by atoms with E-state index in [2.05, 4.69) is 5.32 Å². The van der Waals surface area contributed by atoms with Crippen molar-refractivity contribution >= 4 is 17.3 Å². The van der Waals surface area contributed by atoms with E-state index in [1.54, 1.807) is 7.11 Å². The van der Waals surface area contributed by atoms with E-state index in [1.165, 1.54) is 6.07 Å². The second-order valence-corrected chi connectivity index (χ2v) is 4.49. The van der Waals surface area contributed by atoms with Crippen LogP contribution in [0.2, 0.25) is 5.02 Å². The Balaban J connectivity index is 2.40. The Kier molecular flexibility index (Phi) is 7.12. The van der Waals surface area contributed by atoms with Gasteiger partial charge in [-0.05, 0) is 24.6 Å². The number of alkyl halides is 3. The monoisotopic (exact) mass is 311 g/mol. The highest BCUT2D eigenvalue weighted by Crippen LogP contribution is 2.33. The largest absolute Gasteiger partial charge is 0.416 e. The molecule has 0 aliphatic rings. The number of hydrogen-bond acceptors (Lipinski definition) is 3. The summed E-state index contributed by atoms with van der Waals surface area (Å²) in [6, 6.07) is 3.21. The Bertz CT molecular complexity index is 413. The van der Waals surface area contributed by atoms with Gasteiger partial charge in [-0.1, -0.05) is 11.6 Å². The van der Waals surface area contributed by atoms with Gasteiger partial charge in [0.25, 0.3) is 0 Å². The molecule has 0 saturated carbocycles. The lowest BCUT2D eigenvalue weighted by Crippen LogP contribution is -2.10. The predicted octanol–water partition coefficient (Wildman–Crippen LogP) is 3.82. The van der Waals surface area contributed by atoms with Crippen molar-refractivity contribution in [2.24, 2.45) is 0 Å². The SMILES string of the molecule is COCCOCCCNc1cc(C(F)(F)F)ccc1Cl. The fourth-order valence-corrected chi connectivity index (χ4v) is 1.66. The van der Waals surface area contributed by atoms with Crippen molar-refractivity contribution in [3.05, 3.63) is 28.8 Å². The molecule has 1 rings (SSSR count). The molecular weight excluding hydrogens is 295 g/mol. The summed E-state index contributed by atoms with van der Waals surface area (Å²) < 4.78 is 47.7. The third-order valence-electron chi connectivity index (χ3n) is 2.51. The summed E-state index contributed by atoms with van der Waals surface area (Å²) >= 11 is 5.85. The van der Waals surface area contributed by atoms with E-state index >= 15 is 0 Å². The molecule has 0 aliphatic carbocycles. The molecule has 0 fully saturated rings. The van der Waals surface area contributed by atoms with Gasteiger partial charge in [-0.2, -0.15) is 13.2 Å². The van der Waals surface area contributed by atoms with Crippen molar-refractivity contribution in [1.82, 2.24) is 0 Å². The van der Waals surface area contributed by atoms with Crippen LogP contribution in [0.25, 0.3) is 0 Å². The van der Waals surface area contributed by atoms with Gasteiger partial charge < -0.3 is 14.8 Å². The topological polar surface area (TPSA) is 30.5 Å². The molecule has 0 amide bonds. The van der Waals surface area contributed by atoms with Gasteiger partial charge in [-0.15, -0.1) is 0 Å². The maximum absolute atomic E-state index is 12.6. The van der Waals surface area contributed by atoms with E-state index in [1.807, 2.05) is 0 Å². The molecule has 0 atom stereocenters. The second kappa shape index (κ2) is 8.34. The van der Waals surface area contributed by atoms with Crippen LogP contribution in [0.3, 0.4) is 0 Å². The van der Waals surface area contributed by atoms with E-state index in [4.69, 9.17) is 21.1 Å². The van der Waals surface area contributed by atoms with Crippen LogP contribution < -0.4 is 5.32 Å². The van der Waals surface area contributed by atoms with Gasteiger partial charge in [-0.25, -0.2) is 0 Å². The summed E-state index contributed by atoms with van der Waals surface area (Å²) in [4.78, 5) is 0. The van der Waals surface area contributed by atoms with Crippen molar-refractivity contribution in [2.45, 2.75) is 12.6 Å². The molecule has 0 spiro atoms. The zero-order valence-corrected chi connectivity index (χ0v) is 11.9. The summed E-state index contributed by atoms with van der Waals surface area (Å²) in [7, 11) is 1.58. The molecular formula is C13H17ClF3NO2. The Morgan fingerprint density at radius 2 is 1.95 bits per heavy atom. The Hall–Kier alpha value is -0.980. The van der Waals surface area contributed by atoms with Crippen molar-refractivity contribution in [3.63, 3.8) is 0 Å². The summed E-state index contributed by atoms with van der Waals surface area (Å²) in [5, 5.41) is 3.14. The van der Waals surface area contributed by atoms with E-state index < -0.39 is 11.7 Å². The third kappa shape index (κ3) is 5.98. The minimum atomic E-state index is -4.37. The normalized spacial score (nSPS) is 11.7. The van der Waals surface area contributed by atoms with Crippen LogP contribution in [0.1, 0.15) is 12.0 Å². The maximum Gasteiger partial charge on any atom is 0.416 e. The molecule has 1 aromatic rings. The van der Waals surface area contributed by atoms with Gasteiger partial charge in [0.15, 0.2) is 0 Å². The molecule has 3 nitrogen and oxygen atoms in total. The van der Waals surface area contributed by atoms with Crippen LogP contribution in [-0.2, 0) is 15.7 Å². The summed E-state index contributed by atoms with van der Waals surface area (Å²) in [5.41, 5.74) is -0.445. The first-order valence-electron chi connectivity index (χ1n) is 6.12. The van der Waals surface area contributed by atoms with Gasteiger partial charge in [-0.3, -0.25) is 0 Å². The first-order chi connectivity index (χ1) is 9.45. The molecule has 7 heteroatoms. The number of benzene rings is 1. The molecule has 0 aliphatic heterocycles. The number of rotatable bonds is 8. The molecule has 0 unspecified atom stereocenters. The molecule has 0 aromatic heterocycles. The molecule has 20 heavy (non-hydrogen) atoms. The fourth-order valence-electron chi connectivity index (χ4n) is 1.48. The van der Waals surface area contributed by atoms with Gasteiger partial charge in [0.1, 0.15) is 0 Å². The zero-order valence-electron chi connectivity index (χ0n) is 11.1. The number of methoxy groups -OCH3 is 1. The van der Waals surface area contributed by atoms with Crippen LogP contribution >= 0.6 is 11.6 Å². The molecule has 1 aromatic carbocycles. The lowest BCUT2D eigenvalue weighted by Gasteiger charge is -2.12. The first kappa shape index (κ1) is 17.1. The highest BCUT2D eigenvalue weighted by atomic mass is 35.5. The van der Waals surface area contributed by atoms with E-state index in [0.717, 1.165) is 12.1 Å². The number of ether oxygens (including phenoxy) is 2. The molecule has 0 saturated heterocycles. The lowest BCUT2D eigenvalue weighted by atomic mass is 10.2. The van der Waals surface area contributed by atoms with Crippen molar-refractivity contribution in [2.75, 3.05) is 38.8 Å². The Labute approximate surface area is 121 Å². The molecule has 0 bridgehead atoms. The molecule has 1 N–H and O–H groups in total. The number of hydrogen-bond donors (Lipinski definition) is 1. The van der Waals surface area contributed by atoms with Crippen LogP contribution in [-0.4, -0.2) is 33.5 Å². The number of anilines is 1. The highest BCUT2D eigenvalue weighted by Gasteiger charge is 2.30. The first-order valence-corrected chi connectivity index (χ1v) is 6.50. The van der Waals surface area contributed by atoms with Gasteiger partial charge in [0, 0.05) is 20.3 Å². The van der Waals surface area contributed by atoms with E-state index in [9.17, 15) is 13.2 Å². The van der Waals surface area contributed by atoms with Crippen molar-refractivity contribution < 1.29 is 22.6 Å². The predicted molar refractivity (Wildman–Crippen MR) is 72.3 cm³/mol. The molecule has 0 heterocycles. The third-order valence-corrected chi connectivity index (χ3v) is 2.84. The summed E-state index contributed by atoms with van der Waals surface area (Å²) in [6.07, 6.45) is -3.71. The average molecular weight is 312 g/mol. The van der Waals surface area contributed by atoms with Crippen molar-refractivity contribution in [1.29, 1.82) is 0 Å². The number of nitrogens with one attached hydrogen (secondary N) is 1. The van der Waals surface area contributed by atoms with Crippen LogP contribution in [0.4, 0.5) is 18.9 Å². The Morgan fingerprint density at radius 1 is 1.20 bits per heavy atom. The Morgan fingerprint density at radius 3 is 2.60 bits per heavy atom. The summed E-state index contributed by atoms with van der Waals surface area (Å²) in [5.74, 6) is 0. The minimum Gasteiger partial charge on any atom is -0.384 e. The quantitative estimate of drug-likeness (QED) is 0.740. The van der Waals surface area contributed by atoms with Gasteiger partial charge in [0.2, 0.25) is 0 Å². The summed E-state index contributed by atoms with van der Waals surface area (Å²) in [6.45, 7) is 2.01. The molecule has 114 valence electrons. The average Bonchev–Trinajstić information content (AvgIpc) is 2.38. The second-order valence-electron chi connectivity index (χ2n) is 4.08. The molecule has 0 radical (unpaired) electrons. The van der Waals surface area contributed by atoms with Crippen LogP contribution in [0.5, 0.6) is 0 Å². The van der Waals surface area contributed by atoms with Crippen molar-refractivity contribution in [3.8, 4) is 0 Å². The smallest absolute Gasteiger partial charge is 0.384 e. The van der Waals surface area contributed by atoms with Crippen LogP contribution in [0.15, 0.2) is 18.2 Å². The van der Waals surface area contributed by atoms with Gasteiger partial charge >= 0.3 is 6.18 Å². The highest BCUT2D eigenvalue weighted by molar-refractivity contribution is 6.33. The standard InChI is InChI=1S/C13H17ClF3NO2/c1-19-7-8-20-6-2-5-18-12-9-10(13(15,16)17)3-4-11(12)14/h3-4,9,18H,2,5-8H2,1H3. The zero-order chi connectivity index (χ0) is 15.0. The maximum atomic E-state index is 12.6. The minimum absolute atomic E-state index is 0.262. The van der Waals surface area contributed by atoms with Crippen LogP contribution in [0, 0.1) is 0 Å². The van der Waals surface area contributed by atoms with E-state index in [-0.39, 0.29) is 10.7 Å².